The van der Waals surface area contributed by atoms with Crippen LogP contribution in [0.5, 0.6) is 0 Å². The maximum atomic E-state index is 5.95. The first-order chi connectivity index (χ1) is 7.14. The predicted molar refractivity (Wildman–Crippen MR) is 65.0 cm³/mol. The Morgan fingerprint density at radius 1 is 1.33 bits per heavy atom. The van der Waals surface area contributed by atoms with Crippen molar-refractivity contribution in [3.05, 3.63) is 34.9 Å². The third kappa shape index (κ3) is 1.59. The van der Waals surface area contributed by atoms with E-state index in [-0.39, 0.29) is 0 Å². The number of aryl methyl sites for hydroxylation is 2. The van der Waals surface area contributed by atoms with Crippen molar-refractivity contribution < 1.29 is 0 Å². The van der Waals surface area contributed by atoms with Gasteiger partial charge in [-0.3, -0.25) is 0 Å². The van der Waals surface area contributed by atoms with Crippen molar-refractivity contribution >= 4 is 0 Å². The van der Waals surface area contributed by atoms with Crippen LogP contribution in [0.2, 0.25) is 0 Å². The lowest BCUT2D eigenvalue weighted by atomic mass is 9.90. The minimum absolute atomic E-state index is 0.313. The fourth-order valence-corrected chi connectivity index (χ4v) is 2.69. The molecule has 15 heavy (non-hydrogen) atoms. The molecule has 0 amide bonds. The van der Waals surface area contributed by atoms with E-state index in [1.807, 2.05) is 0 Å². The zero-order valence-corrected chi connectivity index (χ0v) is 10.0. The number of benzene rings is 1. The number of rotatable bonds is 3. The van der Waals surface area contributed by atoms with Crippen LogP contribution in [-0.2, 0) is 5.41 Å². The van der Waals surface area contributed by atoms with Crippen molar-refractivity contribution in [3.63, 3.8) is 0 Å². The molecule has 82 valence electrons. The SMILES string of the molecule is CC[C@@H]1C[C@]1(CN)c1ccc(C)c(C)c1. The van der Waals surface area contributed by atoms with Crippen molar-refractivity contribution in [2.24, 2.45) is 11.7 Å². The minimum Gasteiger partial charge on any atom is -0.330 e. The first-order valence-electron chi connectivity index (χ1n) is 5.92. The quantitative estimate of drug-likeness (QED) is 0.803. The fourth-order valence-electron chi connectivity index (χ4n) is 2.69. The molecule has 2 N–H and O–H groups in total. The highest BCUT2D eigenvalue weighted by Crippen LogP contribution is 2.55. The molecule has 1 nitrogen and oxygen atoms in total. The summed E-state index contributed by atoms with van der Waals surface area (Å²) in [5.74, 6) is 0.810. The van der Waals surface area contributed by atoms with E-state index in [0.29, 0.717) is 5.41 Å². The molecular weight excluding hydrogens is 182 g/mol. The molecule has 0 bridgehead atoms. The van der Waals surface area contributed by atoms with E-state index < -0.39 is 0 Å². The van der Waals surface area contributed by atoms with Crippen molar-refractivity contribution in [1.29, 1.82) is 0 Å². The van der Waals surface area contributed by atoms with E-state index in [1.54, 1.807) is 0 Å². The van der Waals surface area contributed by atoms with E-state index in [1.165, 1.54) is 29.5 Å². The molecule has 1 aromatic carbocycles. The maximum Gasteiger partial charge on any atom is 0.0107 e. The topological polar surface area (TPSA) is 26.0 Å². The second kappa shape index (κ2) is 3.64. The summed E-state index contributed by atoms with van der Waals surface area (Å²) in [5.41, 5.74) is 10.5. The van der Waals surface area contributed by atoms with Gasteiger partial charge in [0.1, 0.15) is 0 Å². The lowest BCUT2D eigenvalue weighted by molar-refractivity contribution is 0.599. The van der Waals surface area contributed by atoms with Crippen LogP contribution in [0.15, 0.2) is 18.2 Å². The molecule has 0 saturated heterocycles. The fraction of sp³-hybridized carbons (Fsp3) is 0.571. The molecule has 1 fully saturated rings. The molecule has 2 rings (SSSR count). The number of hydrogen-bond acceptors (Lipinski definition) is 1. The summed E-state index contributed by atoms with van der Waals surface area (Å²) in [6.45, 7) is 7.42. The first kappa shape index (κ1) is 10.7. The Bertz CT molecular complexity index is 370. The molecule has 0 aliphatic heterocycles. The van der Waals surface area contributed by atoms with Gasteiger partial charge < -0.3 is 5.73 Å². The van der Waals surface area contributed by atoms with E-state index in [2.05, 4.69) is 39.0 Å². The lowest BCUT2D eigenvalue weighted by Crippen LogP contribution is -2.22. The smallest absolute Gasteiger partial charge is 0.0107 e. The molecule has 0 unspecified atom stereocenters. The standard InChI is InChI=1S/C14H21N/c1-4-12-8-14(12,9-15)13-6-5-10(2)11(3)7-13/h5-7,12H,4,8-9,15H2,1-3H3/t12-,14-/m1/s1. The summed E-state index contributed by atoms with van der Waals surface area (Å²) in [7, 11) is 0. The van der Waals surface area contributed by atoms with E-state index in [9.17, 15) is 0 Å². The van der Waals surface area contributed by atoms with Crippen LogP contribution in [0, 0.1) is 19.8 Å². The van der Waals surface area contributed by atoms with Crippen LogP contribution in [0.3, 0.4) is 0 Å². The van der Waals surface area contributed by atoms with Gasteiger partial charge in [0.25, 0.3) is 0 Å². The van der Waals surface area contributed by atoms with Crippen molar-refractivity contribution in [2.45, 2.75) is 39.0 Å². The van der Waals surface area contributed by atoms with E-state index in [0.717, 1.165) is 12.5 Å². The summed E-state index contributed by atoms with van der Waals surface area (Å²) in [5, 5.41) is 0. The third-order valence-corrected chi connectivity index (χ3v) is 4.17. The molecule has 0 radical (unpaired) electrons. The van der Waals surface area contributed by atoms with Crippen LogP contribution >= 0.6 is 0 Å². The largest absolute Gasteiger partial charge is 0.330 e. The summed E-state index contributed by atoms with van der Waals surface area (Å²) >= 11 is 0. The van der Waals surface area contributed by atoms with Crippen LogP contribution < -0.4 is 5.73 Å². The molecule has 1 aliphatic rings. The second-order valence-electron chi connectivity index (χ2n) is 4.97. The van der Waals surface area contributed by atoms with Gasteiger partial charge in [0.05, 0.1) is 0 Å². The van der Waals surface area contributed by atoms with E-state index >= 15 is 0 Å². The van der Waals surface area contributed by atoms with Crippen LogP contribution in [0.1, 0.15) is 36.5 Å². The molecule has 1 saturated carbocycles. The summed E-state index contributed by atoms with van der Waals surface area (Å²) in [4.78, 5) is 0. The van der Waals surface area contributed by atoms with Crippen LogP contribution in [0.25, 0.3) is 0 Å². The highest BCUT2D eigenvalue weighted by molar-refractivity contribution is 5.39. The Balaban J connectivity index is 2.33. The second-order valence-corrected chi connectivity index (χ2v) is 4.97. The molecule has 1 aliphatic carbocycles. The van der Waals surface area contributed by atoms with E-state index in [4.69, 9.17) is 5.73 Å². The number of hydrogen-bond donors (Lipinski definition) is 1. The Hall–Kier alpha value is -0.820. The van der Waals surface area contributed by atoms with Crippen molar-refractivity contribution in [3.8, 4) is 0 Å². The first-order valence-corrected chi connectivity index (χ1v) is 5.92. The van der Waals surface area contributed by atoms with Crippen molar-refractivity contribution in [2.75, 3.05) is 6.54 Å². The Morgan fingerprint density at radius 3 is 2.53 bits per heavy atom. The van der Waals surface area contributed by atoms with Gasteiger partial charge in [0.2, 0.25) is 0 Å². The summed E-state index contributed by atoms with van der Waals surface area (Å²) in [6, 6.07) is 6.83. The molecule has 0 spiro atoms. The zero-order chi connectivity index (χ0) is 11.1. The van der Waals surface area contributed by atoms with Gasteiger partial charge in [0, 0.05) is 12.0 Å². The van der Waals surface area contributed by atoms with Gasteiger partial charge in [-0.1, -0.05) is 31.5 Å². The Kier molecular flexibility index (Phi) is 2.59. The van der Waals surface area contributed by atoms with Gasteiger partial charge in [-0.15, -0.1) is 0 Å². The maximum absolute atomic E-state index is 5.95. The Labute approximate surface area is 92.7 Å². The summed E-state index contributed by atoms with van der Waals surface area (Å²) in [6.07, 6.45) is 2.53. The average Bonchev–Trinajstić information content (AvgIpc) is 2.97. The molecule has 2 atom stereocenters. The lowest BCUT2D eigenvalue weighted by Gasteiger charge is -2.16. The van der Waals surface area contributed by atoms with Gasteiger partial charge in [-0.05, 0) is 42.9 Å². The van der Waals surface area contributed by atoms with Crippen molar-refractivity contribution in [1.82, 2.24) is 0 Å². The van der Waals surface area contributed by atoms with Crippen LogP contribution in [-0.4, -0.2) is 6.54 Å². The van der Waals surface area contributed by atoms with Gasteiger partial charge in [0.15, 0.2) is 0 Å². The summed E-state index contributed by atoms with van der Waals surface area (Å²) < 4.78 is 0. The monoisotopic (exact) mass is 203 g/mol. The zero-order valence-electron chi connectivity index (χ0n) is 10.0. The van der Waals surface area contributed by atoms with Gasteiger partial charge in [-0.25, -0.2) is 0 Å². The molecule has 0 aromatic heterocycles. The molecule has 0 heterocycles. The highest BCUT2D eigenvalue weighted by atomic mass is 14.7. The van der Waals surface area contributed by atoms with Gasteiger partial charge in [-0.2, -0.15) is 0 Å². The minimum atomic E-state index is 0.313. The highest BCUT2D eigenvalue weighted by Gasteiger charge is 2.52. The Morgan fingerprint density at radius 2 is 2.07 bits per heavy atom. The molecule has 1 heteroatoms. The van der Waals surface area contributed by atoms with Gasteiger partial charge >= 0.3 is 0 Å². The molecule has 1 aromatic rings. The third-order valence-electron chi connectivity index (χ3n) is 4.17. The number of nitrogens with two attached hydrogens (primary N) is 1. The molecular formula is C14H21N. The predicted octanol–water partition coefficient (Wildman–Crippen LogP) is 2.93. The average molecular weight is 203 g/mol. The van der Waals surface area contributed by atoms with Crippen LogP contribution in [0.4, 0.5) is 0 Å². The normalized spacial score (nSPS) is 29.2.